The summed E-state index contributed by atoms with van der Waals surface area (Å²) < 4.78 is 24.7. The third-order valence-corrected chi connectivity index (χ3v) is 2.55. The van der Waals surface area contributed by atoms with Crippen molar-refractivity contribution in [3.63, 3.8) is 0 Å². The Labute approximate surface area is 113 Å². The van der Waals surface area contributed by atoms with E-state index in [2.05, 4.69) is 4.98 Å². The lowest BCUT2D eigenvalue weighted by Gasteiger charge is -2.21. The van der Waals surface area contributed by atoms with Crippen LogP contribution in [0.1, 0.15) is 26.5 Å². The predicted octanol–water partition coefficient (Wildman–Crippen LogP) is 0.788. The maximum atomic E-state index is 12.4. The Morgan fingerprint density at radius 1 is 1.40 bits per heavy atom. The zero-order chi connectivity index (χ0) is 15.3. The number of rotatable bonds is 6. The van der Waals surface area contributed by atoms with Crippen molar-refractivity contribution in [2.75, 3.05) is 19.7 Å². The largest absolute Gasteiger partial charge is 0.478 e. The van der Waals surface area contributed by atoms with E-state index in [4.69, 9.17) is 10.2 Å². The summed E-state index contributed by atoms with van der Waals surface area (Å²) in [6.07, 6.45) is -2.73. The number of aryl methyl sites for hydroxylation is 1. The predicted molar refractivity (Wildman–Crippen MR) is 64.9 cm³/mol. The number of amides is 1. The molecular formula is C12H14F2N2O4. The first-order valence-corrected chi connectivity index (χ1v) is 5.76. The summed E-state index contributed by atoms with van der Waals surface area (Å²) in [5, 5.41) is 17.6. The number of aromatic nitrogens is 1. The van der Waals surface area contributed by atoms with E-state index in [0.717, 1.165) is 11.0 Å². The van der Waals surface area contributed by atoms with Gasteiger partial charge >= 0.3 is 5.97 Å². The van der Waals surface area contributed by atoms with Gasteiger partial charge in [0.1, 0.15) is 5.69 Å². The van der Waals surface area contributed by atoms with Crippen LogP contribution in [0, 0.1) is 6.92 Å². The van der Waals surface area contributed by atoms with Crippen LogP contribution in [0.4, 0.5) is 8.78 Å². The Hall–Kier alpha value is -2.09. The van der Waals surface area contributed by atoms with Crippen LogP contribution in [-0.4, -0.2) is 58.1 Å². The first-order chi connectivity index (χ1) is 9.36. The normalized spacial score (nSPS) is 10.7. The standard InChI is InChI=1S/C12H14F2N2O4/c1-7-8(12(19)20)2-3-9(15-7)11(18)16(4-5-17)6-10(13)14/h2-3,10,17H,4-6H2,1H3,(H,19,20). The summed E-state index contributed by atoms with van der Waals surface area (Å²) in [5.41, 5.74) is -0.0879. The van der Waals surface area contributed by atoms with Crippen molar-refractivity contribution < 1.29 is 28.6 Å². The van der Waals surface area contributed by atoms with E-state index in [1.165, 1.54) is 13.0 Å². The minimum absolute atomic E-state index is 0.0656. The van der Waals surface area contributed by atoms with Crippen molar-refractivity contribution in [1.29, 1.82) is 0 Å². The summed E-state index contributed by atoms with van der Waals surface area (Å²) in [4.78, 5) is 27.4. The Kier molecular flexibility index (Phi) is 5.51. The number of aromatic carboxylic acids is 1. The molecule has 0 aliphatic carbocycles. The van der Waals surface area contributed by atoms with Gasteiger partial charge in [-0.2, -0.15) is 0 Å². The summed E-state index contributed by atoms with van der Waals surface area (Å²) in [7, 11) is 0. The van der Waals surface area contributed by atoms with Gasteiger partial charge in [-0.1, -0.05) is 0 Å². The number of aliphatic hydroxyl groups is 1. The monoisotopic (exact) mass is 288 g/mol. The third-order valence-electron chi connectivity index (χ3n) is 2.55. The van der Waals surface area contributed by atoms with Crippen molar-refractivity contribution in [2.24, 2.45) is 0 Å². The van der Waals surface area contributed by atoms with Crippen LogP contribution in [0.25, 0.3) is 0 Å². The molecule has 110 valence electrons. The summed E-state index contributed by atoms with van der Waals surface area (Å²) >= 11 is 0. The third kappa shape index (κ3) is 3.95. The number of hydrogen-bond donors (Lipinski definition) is 2. The van der Waals surface area contributed by atoms with Crippen molar-refractivity contribution in [3.05, 3.63) is 29.1 Å². The Bertz CT molecular complexity index is 508. The molecule has 0 saturated carbocycles. The van der Waals surface area contributed by atoms with Crippen LogP contribution < -0.4 is 0 Å². The molecule has 0 spiro atoms. The molecule has 0 aliphatic rings. The lowest BCUT2D eigenvalue weighted by Crippen LogP contribution is -2.37. The van der Waals surface area contributed by atoms with Gasteiger partial charge in [0.25, 0.3) is 12.3 Å². The smallest absolute Gasteiger partial charge is 0.337 e. The van der Waals surface area contributed by atoms with Gasteiger partial charge in [0.05, 0.1) is 24.4 Å². The van der Waals surface area contributed by atoms with Gasteiger partial charge in [-0.25, -0.2) is 18.6 Å². The highest BCUT2D eigenvalue weighted by Crippen LogP contribution is 2.10. The first-order valence-electron chi connectivity index (χ1n) is 5.76. The Morgan fingerprint density at radius 2 is 2.05 bits per heavy atom. The molecule has 0 atom stereocenters. The minimum Gasteiger partial charge on any atom is -0.478 e. The molecule has 0 saturated heterocycles. The van der Waals surface area contributed by atoms with Crippen molar-refractivity contribution in [3.8, 4) is 0 Å². The number of halogens is 2. The second-order valence-electron chi connectivity index (χ2n) is 4.00. The van der Waals surface area contributed by atoms with Gasteiger partial charge in [-0.15, -0.1) is 0 Å². The second kappa shape index (κ2) is 6.90. The van der Waals surface area contributed by atoms with E-state index in [0.29, 0.717) is 0 Å². The fourth-order valence-electron chi connectivity index (χ4n) is 1.63. The minimum atomic E-state index is -2.73. The summed E-state index contributed by atoms with van der Waals surface area (Å²) in [6, 6.07) is 2.35. The summed E-state index contributed by atoms with van der Waals surface area (Å²) in [5.74, 6) is -1.96. The van der Waals surface area contributed by atoms with Gasteiger partial charge in [0.2, 0.25) is 0 Å². The average Bonchev–Trinajstić information content (AvgIpc) is 2.36. The molecule has 20 heavy (non-hydrogen) atoms. The van der Waals surface area contributed by atoms with Crippen LogP contribution in [0.3, 0.4) is 0 Å². The lowest BCUT2D eigenvalue weighted by molar-refractivity contribution is 0.0504. The number of alkyl halides is 2. The first kappa shape index (κ1) is 16.0. The average molecular weight is 288 g/mol. The number of hydrogen-bond acceptors (Lipinski definition) is 4. The number of pyridine rings is 1. The SMILES string of the molecule is Cc1nc(C(=O)N(CCO)CC(F)F)ccc1C(=O)O. The van der Waals surface area contributed by atoms with Crippen LogP contribution in [-0.2, 0) is 0 Å². The topological polar surface area (TPSA) is 90.7 Å². The van der Waals surface area contributed by atoms with E-state index in [-0.39, 0.29) is 23.5 Å². The molecule has 0 fully saturated rings. The molecule has 1 heterocycles. The number of carbonyl (C=O) groups excluding carboxylic acids is 1. The highest BCUT2D eigenvalue weighted by Gasteiger charge is 2.21. The van der Waals surface area contributed by atoms with Crippen LogP contribution in [0.5, 0.6) is 0 Å². The zero-order valence-electron chi connectivity index (χ0n) is 10.7. The summed E-state index contributed by atoms with van der Waals surface area (Å²) in [6.45, 7) is -0.111. The second-order valence-corrected chi connectivity index (χ2v) is 4.00. The van der Waals surface area contributed by atoms with E-state index >= 15 is 0 Å². The van der Waals surface area contributed by atoms with Crippen molar-refractivity contribution in [1.82, 2.24) is 9.88 Å². The van der Waals surface area contributed by atoms with Crippen molar-refractivity contribution >= 4 is 11.9 Å². The highest BCUT2D eigenvalue weighted by atomic mass is 19.3. The number of carboxylic acid groups (broad SMARTS) is 1. The molecule has 2 N–H and O–H groups in total. The molecule has 6 nitrogen and oxygen atoms in total. The number of aliphatic hydroxyl groups excluding tert-OH is 1. The molecule has 0 radical (unpaired) electrons. The molecule has 1 aromatic heterocycles. The molecule has 1 amide bonds. The molecule has 0 aliphatic heterocycles. The Morgan fingerprint density at radius 3 is 2.50 bits per heavy atom. The Balaban J connectivity index is 3.00. The molecule has 1 rings (SSSR count). The van der Waals surface area contributed by atoms with Crippen LogP contribution in [0.15, 0.2) is 12.1 Å². The van der Waals surface area contributed by atoms with Gasteiger partial charge in [0, 0.05) is 6.54 Å². The van der Waals surface area contributed by atoms with Gasteiger partial charge in [-0.3, -0.25) is 4.79 Å². The van der Waals surface area contributed by atoms with Crippen LogP contribution >= 0.6 is 0 Å². The van der Waals surface area contributed by atoms with E-state index in [1.54, 1.807) is 0 Å². The maximum absolute atomic E-state index is 12.4. The molecule has 0 bridgehead atoms. The molecule has 0 unspecified atom stereocenters. The highest BCUT2D eigenvalue weighted by molar-refractivity contribution is 5.94. The lowest BCUT2D eigenvalue weighted by atomic mass is 10.2. The van der Waals surface area contributed by atoms with Gasteiger partial charge in [0.15, 0.2) is 0 Å². The van der Waals surface area contributed by atoms with Gasteiger partial charge in [-0.05, 0) is 19.1 Å². The fourth-order valence-corrected chi connectivity index (χ4v) is 1.63. The fraction of sp³-hybridized carbons (Fsp3) is 0.417. The number of nitrogens with zero attached hydrogens (tertiary/aromatic N) is 2. The van der Waals surface area contributed by atoms with E-state index in [9.17, 15) is 18.4 Å². The van der Waals surface area contributed by atoms with Crippen molar-refractivity contribution in [2.45, 2.75) is 13.3 Å². The van der Waals surface area contributed by atoms with E-state index < -0.39 is 31.5 Å². The maximum Gasteiger partial charge on any atom is 0.337 e. The molecular weight excluding hydrogens is 274 g/mol. The molecule has 0 aromatic carbocycles. The van der Waals surface area contributed by atoms with Crippen LogP contribution in [0.2, 0.25) is 0 Å². The molecule has 1 aromatic rings. The molecule has 8 heteroatoms. The number of carbonyl (C=O) groups is 2. The quantitative estimate of drug-likeness (QED) is 0.807. The number of carboxylic acids is 1. The van der Waals surface area contributed by atoms with E-state index in [1.807, 2.05) is 0 Å². The zero-order valence-corrected chi connectivity index (χ0v) is 10.7. The van der Waals surface area contributed by atoms with Gasteiger partial charge < -0.3 is 15.1 Å².